The maximum atomic E-state index is 11.9. The summed E-state index contributed by atoms with van der Waals surface area (Å²) in [7, 11) is 0. The number of aryl methyl sites for hydroxylation is 1. The summed E-state index contributed by atoms with van der Waals surface area (Å²) in [6.07, 6.45) is 6.74. The van der Waals surface area contributed by atoms with Gasteiger partial charge in [-0.2, -0.15) is 0 Å². The number of hydrogen-bond donors (Lipinski definition) is 1. The first-order valence-electron chi connectivity index (χ1n) is 8.08. The zero-order valence-corrected chi connectivity index (χ0v) is 14.1. The summed E-state index contributed by atoms with van der Waals surface area (Å²) in [6.45, 7) is 6.71. The molecule has 2 unspecified atom stereocenters. The highest BCUT2D eigenvalue weighted by molar-refractivity contribution is 7.15. The Kier molecular flexibility index (Phi) is 6.03. The summed E-state index contributed by atoms with van der Waals surface area (Å²) in [6, 6.07) is 0.434. The minimum atomic E-state index is -0.151. The van der Waals surface area contributed by atoms with Crippen LogP contribution in [0.15, 0.2) is 0 Å². The Hall–Kier alpha value is -1.10. The van der Waals surface area contributed by atoms with Crippen molar-refractivity contribution in [3.8, 4) is 0 Å². The molecule has 0 fully saturated rings. The lowest BCUT2D eigenvalue weighted by atomic mass is 10.1. The number of carbonyl (C=O) groups excluding carboxylic acids is 1. The molecule has 0 aromatic carbocycles. The average Bonchev–Trinajstić information content (AvgIpc) is 2.98. The molecule has 4 nitrogen and oxygen atoms in total. The summed E-state index contributed by atoms with van der Waals surface area (Å²) in [5, 5.41) is 4.43. The number of nitrogens with one attached hydrogen (secondary N) is 1. The fourth-order valence-electron chi connectivity index (χ4n) is 2.74. The SMILES string of the molecule is CCCCCC(C)Nc1nc2c(s1)CCC2C(=O)OCC. The summed E-state index contributed by atoms with van der Waals surface area (Å²) in [5.74, 6) is -0.272. The molecule has 118 valence electrons. The van der Waals surface area contributed by atoms with Gasteiger partial charge in [0.1, 0.15) is 5.92 Å². The van der Waals surface area contributed by atoms with Gasteiger partial charge in [0.2, 0.25) is 0 Å². The molecule has 1 aromatic rings. The predicted octanol–water partition coefficient (Wildman–Crippen LogP) is 4.12. The second kappa shape index (κ2) is 7.78. The van der Waals surface area contributed by atoms with Gasteiger partial charge >= 0.3 is 5.97 Å². The van der Waals surface area contributed by atoms with Gasteiger partial charge in [0, 0.05) is 10.9 Å². The second-order valence-electron chi connectivity index (χ2n) is 5.71. The van der Waals surface area contributed by atoms with Crippen LogP contribution in [-0.4, -0.2) is 23.6 Å². The van der Waals surface area contributed by atoms with Crippen molar-refractivity contribution in [3.05, 3.63) is 10.6 Å². The Labute approximate surface area is 131 Å². The van der Waals surface area contributed by atoms with Crippen LogP contribution in [0.25, 0.3) is 0 Å². The van der Waals surface area contributed by atoms with Gasteiger partial charge in [0.25, 0.3) is 0 Å². The number of aromatic nitrogens is 1. The van der Waals surface area contributed by atoms with Crippen molar-refractivity contribution in [2.24, 2.45) is 0 Å². The molecule has 0 spiro atoms. The first kappa shape index (κ1) is 16.3. The molecule has 0 amide bonds. The Morgan fingerprint density at radius 1 is 1.48 bits per heavy atom. The third-order valence-electron chi connectivity index (χ3n) is 3.90. The van der Waals surface area contributed by atoms with Crippen LogP contribution in [0.3, 0.4) is 0 Å². The Bertz CT molecular complexity index is 473. The topological polar surface area (TPSA) is 51.2 Å². The van der Waals surface area contributed by atoms with Crippen LogP contribution < -0.4 is 5.32 Å². The molecule has 1 aliphatic carbocycles. The molecule has 0 radical (unpaired) electrons. The van der Waals surface area contributed by atoms with E-state index in [-0.39, 0.29) is 11.9 Å². The van der Waals surface area contributed by atoms with E-state index in [2.05, 4.69) is 24.1 Å². The average molecular weight is 310 g/mol. The van der Waals surface area contributed by atoms with E-state index in [1.165, 1.54) is 30.6 Å². The zero-order valence-electron chi connectivity index (χ0n) is 13.3. The lowest BCUT2D eigenvalue weighted by molar-refractivity contribution is -0.145. The number of thiazole rings is 1. The summed E-state index contributed by atoms with van der Waals surface area (Å²) in [4.78, 5) is 17.8. The van der Waals surface area contributed by atoms with Gasteiger partial charge in [0.15, 0.2) is 5.13 Å². The van der Waals surface area contributed by atoms with Crippen molar-refractivity contribution in [3.63, 3.8) is 0 Å². The number of nitrogens with zero attached hydrogens (tertiary/aromatic N) is 1. The van der Waals surface area contributed by atoms with Crippen molar-refractivity contribution >= 4 is 22.4 Å². The Morgan fingerprint density at radius 2 is 2.29 bits per heavy atom. The lowest BCUT2D eigenvalue weighted by Gasteiger charge is -2.12. The Balaban J connectivity index is 1.93. The molecular weight excluding hydrogens is 284 g/mol. The molecule has 0 bridgehead atoms. The minimum Gasteiger partial charge on any atom is -0.465 e. The van der Waals surface area contributed by atoms with Crippen LogP contribution in [0, 0.1) is 0 Å². The van der Waals surface area contributed by atoms with Gasteiger partial charge in [-0.05, 0) is 33.1 Å². The van der Waals surface area contributed by atoms with Gasteiger partial charge in [-0.25, -0.2) is 4.98 Å². The molecule has 0 saturated heterocycles. The molecule has 5 heteroatoms. The van der Waals surface area contributed by atoms with Crippen LogP contribution in [0.5, 0.6) is 0 Å². The smallest absolute Gasteiger partial charge is 0.315 e. The van der Waals surface area contributed by atoms with Crippen LogP contribution in [-0.2, 0) is 16.0 Å². The van der Waals surface area contributed by atoms with Crippen molar-refractivity contribution in [1.29, 1.82) is 0 Å². The molecule has 0 saturated carbocycles. The fourth-order valence-corrected chi connectivity index (χ4v) is 3.89. The van der Waals surface area contributed by atoms with E-state index in [4.69, 9.17) is 4.74 Å². The van der Waals surface area contributed by atoms with Gasteiger partial charge in [0.05, 0.1) is 12.3 Å². The molecule has 21 heavy (non-hydrogen) atoms. The van der Waals surface area contributed by atoms with E-state index in [1.807, 2.05) is 6.92 Å². The van der Waals surface area contributed by atoms with Crippen molar-refractivity contribution in [2.45, 2.75) is 71.3 Å². The highest BCUT2D eigenvalue weighted by atomic mass is 32.1. The molecular formula is C16H26N2O2S. The van der Waals surface area contributed by atoms with Gasteiger partial charge in [-0.3, -0.25) is 4.79 Å². The molecule has 1 N–H and O–H groups in total. The molecule has 1 heterocycles. The van der Waals surface area contributed by atoms with Gasteiger partial charge in [-0.15, -0.1) is 11.3 Å². The molecule has 2 atom stereocenters. The second-order valence-corrected chi connectivity index (χ2v) is 6.80. The standard InChI is InChI=1S/C16H26N2O2S/c1-4-6-7-8-11(3)17-16-18-14-12(15(19)20-5-2)9-10-13(14)21-16/h11-12H,4-10H2,1-3H3,(H,17,18). The lowest BCUT2D eigenvalue weighted by Crippen LogP contribution is -2.16. The maximum absolute atomic E-state index is 11.9. The van der Waals surface area contributed by atoms with E-state index < -0.39 is 0 Å². The van der Waals surface area contributed by atoms with E-state index in [0.29, 0.717) is 12.6 Å². The molecule has 2 rings (SSSR count). The summed E-state index contributed by atoms with van der Waals surface area (Å²) >= 11 is 1.70. The van der Waals surface area contributed by atoms with Crippen LogP contribution >= 0.6 is 11.3 Å². The molecule has 1 aliphatic rings. The first-order valence-corrected chi connectivity index (χ1v) is 8.90. The third-order valence-corrected chi connectivity index (χ3v) is 4.96. The highest BCUT2D eigenvalue weighted by Gasteiger charge is 2.33. The summed E-state index contributed by atoms with van der Waals surface area (Å²) in [5.41, 5.74) is 0.946. The van der Waals surface area contributed by atoms with Crippen LogP contribution in [0.4, 0.5) is 5.13 Å². The van der Waals surface area contributed by atoms with E-state index in [0.717, 1.165) is 23.7 Å². The van der Waals surface area contributed by atoms with Gasteiger partial charge < -0.3 is 10.1 Å². The van der Waals surface area contributed by atoms with Gasteiger partial charge in [-0.1, -0.05) is 26.2 Å². The van der Waals surface area contributed by atoms with E-state index in [9.17, 15) is 4.79 Å². The molecule has 0 aliphatic heterocycles. The monoisotopic (exact) mass is 310 g/mol. The van der Waals surface area contributed by atoms with Crippen molar-refractivity contribution in [2.75, 3.05) is 11.9 Å². The Morgan fingerprint density at radius 3 is 3.00 bits per heavy atom. The number of carbonyl (C=O) groups is 1. The number of hydrogen-bond acceptors (Lipinski definition) is 5. The van der Waals surface area contributed by atoms with E-state index in [1.54, 1.807) is 11.3 Å². The zero-order chi connectivity index (χ0) is 15.2. The molecule has 1 aromatic heterocycles. The number of rotatable bonds is 8. The maximum Gasteiger partial charge on any atom is 0.315 e. The largest absolute Gasteiger partial charge is 0.465 e. The van der Waals surface area contributed by atoms with Crippen molar-refractivity contribution in [1.82, 2.24) is 4.98 Å². The minimum absolute atomic E-state index is 0.121. The summed E-state index contributed by atoms with van der Waals surface area (Å²) < 4.78 is 5.14. The predicted molar refractivity (Wildman–Crippen MR) is 87.0 cm³/mol. The fraction of sp³-hybridized carbons (Fsp3) is 0.750. The van der Waals surface area contributed by atoms with Crippen LogP contribution in [0.1, 0.15) is 69.4 Å². The number of anilines is 1. The van der Waals surface area contributed by atoms with Crippen LogP contribution in [0.2, 0.25) is 0 Å². The number of ether oxygens (including phenoxy) is 1. The third kappa shape index (κ3) is 4.19. The highest BCUT2D eigenvalue weighted by Crippen LogP contribution is 2.39. The quantitative estimate of drug-likeness (QED) is 0.580. The van der Waals surface area contributed by atoms with Crippen molar-refractivity contribution < 1.29 is 9.53 Å². The van der Waals surface area contributed by atoms with E-state index >= 15 is 0 Å². The number of fused-ring (bicyclic) bond motifs is 1. The normalized spacial score (nSPS) is 18.3. The number of esters is 1. The first-order chi connectivity index (χ1) is 10.2. The number of unbranched alkanes of at least 4 members (excludes halogenated alkanes) is 2.